The number of halogens is 1. The highest BCUT2D eigenvalue weighted by atomic mass is 79.9. The van der Waals surface area contributed by atoms with Gasteiger partial charge >= 0.3 is 0 Å². The lowest BCUT2D eigenvalue weighted by Crippen LogP contribution is -2.14. The minimum Gasteiger partial charge on any atom is -0.389 e. The van der Waals surface area contributed by atoms with Crippen LogP contribution in [0.3, 0.4) is 0 Å². The van der Waals surface area contributed by atoms with E-state index in [1.165, 1.54) is 11.1 Å². The Hall–Kier alpha value is -1.39. The Balaban J connectivity index is 2.20. The second-order valence-electron chi connectivity index (χ2n) is 4.37. The molecule has 2 nitrogen and oxygen atoms in total. The third-order valence-electron chi connectivity index (χ3n) is 2.83. The molecule has 0 unspecified atom stereocenters. The smallest absolute Gasteiger partial charge is 0.107 e. The van der Waals surface area contributed by atoms with Gasteiger partial charge in [-0.2, -0.15) is 0 Å². The second kappa shape index (κ2) is 6.17. The van der Waals surface area contributed by atoms with E-state index >= 15 is 0 Å². The predicted octanol–water partition coefficient (Wildman–Crippen LogP) is 4.00. The molecule has 2 aromatic carbocycles. The number of anilines is 1. The van der Waals surface area contributed by atoms with Crippen LogP contribution in [0.15, 0.2) is 46.9 Å². The molecule has 0 atom stereocenters. The van der Waals surface area contributed by atoms with Gasteiger partial charge in [0, 0.05) is 22.3 Å². The summed E-state index contributed by atoms with van der Waals surface area (Å²) < 4.78 is 0.911. The molecule has 0 saturated heterocycles. The van der Waals surface area contributed by atoms with Gasteiger partial charge in [0.25, 0.3) is 0 Å². The van der Waals surface area contributed by atoms with Gasteiger partial charge in [0.15, 0.2) is 0 Å². The Labute approximate surface area is 127 Å². The molecule has 0 aromatic heterocycles. The molecular formula is C15H15BrN2S. The summed E-state index contributed by atoms with van der Waals surface area (Å²) in [7, 11) is 0. The zero-order valence-electron chi connectivity index (χ0n) is 10.6. The third kappa shape index (κ3) is 3.55. The molecule has 0 bridgehead atoms. The molecule has 0 fully saturated rings. The summed E-state index contributed by atoms with van der Waals surface area (Å²) in [6, 6.07) is 14.3. The number of aryl methyl sites for hydroxylation is 1. The van der Waals surface area contributed by atoms with Crippen LogP contribution in [0.2, 0.25) is 0 Å². The molecule has 3 N–H and O–H groups in total. The topological polar surface area (TPSA) is 38.0 Å². The average molecular weight is 335 g/mol. The number of benzene rings is 2. The van der Waals surface area contributed by atoms with Crippen molar-refractivity contribution in [2.45, 2.75) is 13.5 Å². The lowest BCUT2D eigenvalue weighted by molar-refractivity contribution is 1.14. The van der Waals surface area contributed by atoms with Gasteiger partial charge in [-0.25, -0.2) is 0 Å². The number of thiocarbonyl (C=S) groups is 1. The summed E-state index contributed by atoms with van der Waals surface area (Å²) >= 11 is 8.57. The Morgan fingerprint density at radius 3 is 2.68 bits per heavy atom. The molecule has 0 aliphatic heterocycles. The molecule has 0 spiro atoms. The quantitative estimate of drug-likeness (QED) is 0.830. The molecule has 0 aliphatic carbocycles. The molecule has 19 heavy (non-hydrogen) atoms. The molecule has 0 aliphatic rings. The fourth-order valence-electron chi connectivity index (χ4n) is 1.94. The van der Waals surface area contributed by atoms with Crippen LogP contribution in [0.25, 0.3) is 0 Å². The van der Waals surface area contributed by atoms with Crippen LogP contribution in [0.4, 0.5) is 5.69 Å². The minimum absolute atomic E-state index is 0.388. The summed E-state index contributed by atoms with van der Waals surface area (Å²) in [4.78, 5) is 0.388. The first kappa shape index (κ1) is 14.0. The molecule has 4 heteroatoms. The predicted molar refractivity (Wildman–Crippen MR) is 88.5 cm³/mol. The fourth-order valence-corrected chi connectivity index (χ4v) is 2.87. The standard InChI is InChI=1S/C15H15BrN2S/c1-10-4-2-5-11(8-10)9-18-13-7-3-6-12(16)14(13)15(17)19/h2-8,18H,9H2,1H3,(H2,17,19). The Morgan fingerprint density at radius 1 is 1.26 bits per heavy atom. The first-order valence-electron chi connectivity index (χ1n) is 5.95. The van der Waals surface area contributed by atoms with E-state index in [-0.39, 0.29) is 0 Å². The van der Waals surface area contributed by atoms with Crippen LogP contribution >= 0.6 is 28.1 Å². The number of nitrogens with one attached hydrogen (secondary N) is 1. The van der Waals surface area contributed by atoms with Crippen molar-refractivity contribution in [2.24, 2.45) is 5.73 Å². The van der Waals surface area contributed by atoms with Gasteiger partial charge in [0.1, 0.15) is 4.99 Å². The zero-order valence-corrected chi connectivity index (χ0v) is 13.0. The van der Waals surface area contributed by atoms with Crippen LogP contribution < -0.4 is 11.1 Å². The van der Waals surface area contributed by atoms with Crippen molar-refractivity contribution in [2.75, 3.05) is 5.32 Å². The van der Waals surface area contributed by atoms with Crippen molar-refractivity contribution < 1.29 is 0 Å². The van der Waals surface area contributed by atoms with Crippen LogP contribution in [-0.4, -0.2) is 4.99 Å². The maximum Gasteiger partial charge on any atom is 0.107 e. The van der Waals surface area contributed by atoms with Crippen molar-refractivity contribution in [1.82, 2.24) is 0 Å². The molecule has 0 heterocycles. The van der Waals surface area contributed by atoms with Crippen LogP contribution in [-0.2, 0) is 6.54 Å². The van der Waals surface area contributed by atoms with Gasteiger partial charge in [-0.05, 0) is 40.5 Å². The normalized spacial score (nSPS) is 10.2. The van der Waals surface area contributed by atoms with E-state index in [0.717, 1.165) is 22.3 Å². The van der Waals surface area contributed by atoms with Crippen LogP contribution in [0.1, 0.15) is 16.7 Å². The highest BCUT2D eigenvalue weighted by Gasteiger charge is 2.08. The highest BCUT2D eigenvalue weighted by Crippen LogP contribution is 2.25. The van der Waals surface area contributed by atoms with Gasteiger partial charge in [-0.1, -0.05) is 48.1 Å². The zero-order chi connectivity index (χ0) is 13.8. The first-order valence-corrected chi connectivity index (χ1v) is 7.16. The molecular weight excluding hydrogens is 320 g/mol. The summed E-state index contributed by atoms with van der Waals surface area (Å²) in [5, 5.41) is 3.38. The monoisotopic (exact) mass is 334 g/mol. The molecule has 2 rings (SSSR count). The first-order chi connectivity index (χ1) is 9.08. The van der Waals surface area contributed by atoms with Gasteiger partial charge in [0.05, 0.1) is 0 Å². The third-order valence-corrected chi connectivity index (χ3v) is 3.69. The van der Waals surface area contributed by atoms with Crippen molar-refractivity contribution >= 4 is 38.8 Å². The number of hydrogen-bond donors (Lipinski definition) is 2. The van der Waals surface area contributed by atoms with E-state index in [0.29, 0.717) is 4.99 Å². The van der Waals surface area contributed by atoms with Crippen LogP contribution in [0.5, 0.6) is 0 Å². The summed E-state index contributed by atoms with van der Waals surface area (Å²) in [5.41, 5.74) is 10.1. The van der Waals surface area contributed by atoms with Gasteiger partial charge in [-0.15, -0.1) is 0 Å². The number of hydrogen-bond acceptors (Lipinski definition) is 2. The SMILES string of the molecule is Cc1cccc(CNc2cccc(Br)c2C(N)=S)c1. The summed E-state index contributed by atoms with van der Waals surface area (Å²) in [6.07, 6.45) is 0. The molecule has 98 valence electrons. The minimum atomic E-state index is 0.388. The molecule has 0 radical (unpaired) electrons. The van der Waals surface area contributed by atoms with E-state index in [9.17, 15) is 0 Å². The second-order valence-corrected chi connectivity index (χ2v) is 5.66. The van der Waals surface area contributed by atoms with E-state index in [1.807, 2.05) is 18.2 Å². The lowest BCUT2D eigenvalue weighted by atomic mass is 10.1. The van der Waals surface area contributed by atoms with Crippen molar-refractivity contribution in [3.05, 3.63) is 63.6 Å². The number of nitrogens with two attached hydrogens (primary N) is 1. The van der Waals surface area contributed by atoms with E-state index in [4.69, 9.17) is 18.0 Å². The van der Waals surface area contributed by atoms with Crippen molar-refractivity contribution in [3.8, 4) is 0 Å². The van der Waals surface area contributed by atoms with E-state index < -0.39 is 0 Å². The molecule has 2 aromatic rings. The maximum atomic E-state index is 5.77. The average Bonchev–Trinajstić information content (AvgIpc) is 2.36. The fraction of sp³-hybridized carbons (Fsp3) is 0.133. The van der Waals surface area contributed by atoms with Gasteiger partial charge in [-0.3, -0.25) is 0 Å². The summed E-state index contributed by atoms with van der Waals surface area (Å²) in [5.74, 6) is 0. The van der Waals surface area contributed by atoms with Crippen molar-refractivity contribution in [3.63, 3.8) is 0 Å². The molecule has 0 amide bonds. The number of rotatable bonds is 4. The summed E-state index contributed by atoms with van der Waals surface area (Å²) in [6.45, 7) is 2.83. The Morgan fingerprint density at radius 2 is 2.00 bits per heavy atom. The lowest BCUT2D eigenvalue weighted by Gasteiger charge is -2.13. The van der Waals surface area contributed by atoms with Crippen LogP contribution in [0, 0.1) is 6.92 Å². The van der Waals surface area contributed by atoms with Gasteiger partial charge in [0.2, 0.25) is 0 Å². The largest absolute Gasteiger partial charge is 0.389 e. The van der Waals surface area contributed by atoms with Crippen molar-refractivity contribution in [1.29, 1.82) is 0 Å². The van der Waals surface area contributed by atoms with E-state index in [1.54, 1.807) is 0 Å². The Kier molecular flexibility index (Phi) is 4.56. The highest BCUT2D eigenvalue weighted by molar-refractivity contribution is 9.10. The molecule has 0 saturated carbocycles. The Bertz CT molecular complexity index is 611. The van der Waals surface area contributed by atoms with E-state index in [2.05, 4.69) is 52.4 Å². The van der Waals surface area contributed by atoms with Gasteiger partial charge < -0.3 is 11.1 Å². The maximum absolute atomic E-state index is 5.77.